The zero-order valence-electron chi connectivity index (χ0n) is 20.2. The van der Waals surface area contributed by atoms with E-state index in [2.05, 4.69) is 40.9 Å². The topological polar surface area (TPSA) is 91.2 Å². The van der Waals surface area contributed by atoms with Crippen LogP contribution < -0.4 is 14.3 Å². The highest BCUT2D eigenvalue weighted by Gasteiger charge is 2.23. The minimum absolute atomic E-state index is 0.0390. The Morgan fingerprint density at radius 2 is 1.92 bits per heavy atom. The van der Waals surface area contributed by atoms with E-state index in [0.29, 0.717) is 34.3 Å². The first-order valence-electron chi connectivity index (χ1n) is 12.1. The lowest BCUT2D eigenvalue weighted by Gasteiger charge is -2.22. The van der Waals surface area contributed by atoms with Crippen molar-refractivity contribution < 1.29 is 14.4 Å². The molecule has 1 saturated carbocycles. The second-order valence-electron chi connectivity index (χ2n) is 9.21. The fraction of sp³-hybridized carbons (Fsp3) is 0.333. The Morgan fingerprint density at radius 3 is 2.61 bits per heavy atom. The van der Waals surface area contributed by atoms with Gasteiger partial charge in [-0.25, -0.2) is 4.68 Å². The van der Waals surface area contributed by atoms with E-state index in [-0.39, 0.29) is 12.5 Å². The van der Waals surface area contributed by atoms with Gasteiger partial charge in [-0.1, -0.05) is 55.7 Å². The molecule has 0 unspecified atom stereocenters. The van der Waals surface area contributed by atoms with Crippen LogP contribution in [0.25, 0.3) is 11.3 Å². The number of nitro groups is 1. The number of fused-ring (bicyclic) bond motifs is 1. The summed E-state index contributed by atoms with van der Waals surface area (Å²) in [6.45, 7) is 6.37. The molecule has 2 aromatic carbocycles. The van der Waals surface area contributed by atoms with Crippen LogP contribution in [0.1, 0.15) is 56.1 Å². The van der Waals surface area contributed by atoms with E-state index in [4.69, 9.17) is 9.47 Å². The molecule has 3 aromatic rings. The summed E-state index contributed by atoms with van der Waals surface area (Å²) >= 11 is 1.47. The highest BCUT2D eigenvalue weighted by molar-refractivity contribution is 7.07. The van der Waals surface area contributed by atoms with Crippen LogP contribution in [-0.4, -0.2) is 29.2 Å². The van der Waals surface area contributed by atoms with Gasteiger partial charge >= 0.3 is 0 Å². The zero-order chi connectivity index (χ0) is 25.1. The lowest BCUT2D eigenvalue weighted by Crippen LogP contribution is -2.13. The molecular weight excluding hydrogens is 476 g/mol. The quantitative estimate of drug-likeness (QED) is 0.164. The summed E-state index contributed by atoms with van der Waals surface area (Å²) in [5, 5.41) is 18.4. The normalized spacial score (nSPS) is 16.1. The predicted octanol–water partition coefficient (Wildman–Crippen LogP) is 6.26. The van der Waals surface area contributed by atoms with Crippen LogP contribution in [-0.2, 0) is 0 Å². The number of nitro benzene ring substituents is 1. The summed E-state index contributed by atoms with van der Waals surface area (Å²) in [5.74, 6) is 1.45. The molecule has 5 rings (SSSR count). The lowest BCUT2D eigenvalue weighted by molar-refractivity contribution is -0.385. The van der Waals surface area contributed by atoms with E-state index in [0.717, 1.165) is 16.8 Å². The fourth-order valence-electron chi connectivity index (χ4n) is 4.61. The first kappa shape index (κ1) is 24.0. The van der Waals surface area contributed by atoms with Crippen LogP contribution in [0.5, 0.6) is 11.5 Å². The molecule has 8 nitrogen and oxygen atoms in total. The Kier molecular flexibility index (Phi) is 6.99. The number of hydrogen-bond donors (Lipinski definition) is 0. The third kappa shape index (κ3) is 5.11. The minimum atomic E-state index is -0.446. The molecule has 1 fully saturated rings. The average Bonchev–Trinajstić information content (AvgIpc) is 3.52. The maximum absolute atomic E-state index is 11.7. The van der Waals surface area contributed by atoms with Gasteiger partial charge in [-0.15, -0.1) is 11.3 Å². The number of rotatable bonds is 7. The van der Waals surface area contributed by atoms with Gasteiger partial charge < -0.3 is 9.47 Å². The second-order valence-corrected chi connectivity index (χ2v) is 10.0. The summed E-state index contributed by atoms with van der Waals surface area (Å²) in [5.41, 5.74) is 4.43. The minimum Gasteiger partial charge on any atom is -0.454 e. The molecule has 0 N–H and O–H groups in total. The Balaban J connectivity index is 1.53. The number of ether oxygens (including phenoxy) is 2. The van der Waals surface area contributed by atoms with Crippen molar-refractivity contribution in [2.75, 3.05) is 13.3 Å². The summed E-state index contributed by atoms with van der Waals surface area (Å²) in [6.07, 6.45) is 7.91. The Bertz CT molecular complexity index is 1380. The van der Waals surface area contributed by atoms with Crippen LogP contribution in [0, 0.1) is 10.1 Å². The SMILES string of the molecule is C=C(C)CN=c1scc(-c2ccc(C3CCCCC3)cc2)n1N=Cc1cc2c(cc1[N+](=O)[O-])OCO2. The van der Waals surface area contributed by atoms with Crippen LogP contribution in [0.2, 0.25) is 0 Å². The molecule has 0 atom stereocenters. The van der Waals surface area contributed by atoms with Gasteiger partial charge in [-0.3, -0.25) is 15.1 Å². The summed E-state index contributed by atoms with van der Waals surface area (Å²) < 4.78 is 12.4. The van der Waals surface area contributed by atoms with E-state index in [9.17, 15) is 10.1 Å². The van der Waals surface area contributed by atoms with Crippen LogP contribution in [0.3, 0.4) is 0 Å². The molecule has 1 aromatic heterocycles. The van der Waals surface area contributed by atoms with Crippen LogP contribution >= 0.6 is 11.3 Å². The molecule has 0 radical (unpaired) electrons. The fourth-order valence-corrected chi connectivity index (χ4v) is 5.45. The summed E-state index contributed by atoms with van der Waals surface area (Å²) in [4.78, 5) is 16.6. The Labute approximate surface area is 213 Å². The summed E-state index contributed by atoms with van der Waals surface area (Å²) in [6, 6.07) is 11.6. The number of benzene rings is 2. The zero-order valence-corrected chi connectivity index (χ0v) is 21.0. The molecule has 0 spiro atoms. The highest BCUT2D eigenvalue weighted by atomic mass is 32.1. The van der Waals surface area contributed by atoms with E-state index >= 15 is 0 Å². The van der Waals surface area contributed by atoms with Crippen molar-refractivity contribution in [2.24, 2.45) is 10.1 Å². The molecular formula is C27H28N4O4S. The summed E-state index contributed by atoms with van der Waals surface area (Å²) in [7, 11) is 0. The maximum atomic E-state index is 11.7. The Morgan fingerprint density at radius 1 is 1.19 bits per heavy atom. The molecule has 1 aliphatic carbocycles. The van der Waals surface area contributed by atoms with Crippen LogP contribution in [0.4, 0.5) is 5.69 Å². The van der Waals surface area contributed by atoms with E-state index in [1.807, 2.05) is 12.3 Å². The molecule has 0 amide bonds. The van der Waals surface area contributed by atoms with Crippen molar-refractivity contribution >= 4 is 23.2 Å². The number of thiazole rings is 1. The standard InChI is InChI=1S/C27H28N4O4S/c1-18(2)14-28-27-30(29-15-22-12-25-26(35-17-34-25)13-23(22)31(32)33)24(16-36-27)21-10-8-20(9-11-21)19-6-4-3-5-7-19/h8-13,15-16,19H,1,3-7,14,17H2,2H3. The van der Waals surface area contributed by atoms with Crippen molar-refractivity contribution in [1.29, 1.82) is 0 Å². The van der Waals surface area contributed by atoms with Gasteiger partial charge in [0.05, 0.1) is 35.0 Å². The molecule has 0 saturated heterocycles. The third-order valence-electron chi connectivity index (χ3n) is 6.48. The molecule has 2 aliphatic rings. The van der Waals surface area contributed by atoms with E-state index < -0.39 is 4.92 Å². The van der Waals surface area contributed by atoms with Gasteiger partial charge in [0.2, 0.25) is 11.6 Å². The van der Waals surface area contributed by atoms with Crippen molar-refractivity contribution in [1.82, 2.24) is 4.68 Å². The average molecular weight is 505 g/mol. The molecule has 186 valence electrons. The third-order valence-corrected chi connectivity index (χ3v) is 7.34. The van der Waals surface area contributed by atoms with Crippen molar-refractivity contribution in [2.45, 2.75) is 44.9 Å². The molecule has 2 heterocycles. The molecule has 36 heavy (non-hydrogen) atoms. The monoisotopic (exact) mass is 504 g/mol. The Hall–Kier alpha value is -3.72. The van der Waals surface area contributed by atoms with Crippen LogP contribution in [0.15, 0.2) is 64.0 Å². The largest absolute Gasteiger partial charge is 0.454 e. The molecule has 1 aliphatic heterocycles. The smallest absolute Gasteiger partial charge is 0.282 e. The second kappa shape index (κ2) is 10.5. The molecule has 9 heteroatoms. The number of hydrogen-bond acceptors (Lipinski definition) is 7. The molecule has 0 bridgehead atoms. The maximum Gasteiger partial charge on any atom is 0.282 e. The van der Waals surface area contributed by atoms with Gasteiger partial charge in [0.1, 0.15) is 0 Å². The number of nitrogens with zero attached hydrogens (tertiary/aromatic N) is 4. The first-order chi connectivity index (χ1) is 17.5. The van der Waals surface area contributed by atoms with Gasteiger partial charge in [-0.05, 0) is 37.3 Å². The van der Waals surface area contributed by atoms with Crippen molar-refractivity contribution in [3.63, 3.8) is 0 Å². The predicted molar refractivity (Wildman–Crippen MR) is 141 cm³/mol. The highest BCUT2D eigenvalue weighted by Crippen LogP contribution is 2.37. The van der Waals surface area contributed by atoms with Gasteiger partial charge in [0, 0.05) is 10.9 Å². The van der Waals surface area contributed by atoms with E-state index in [1.54, 1.807) is 10.7 Å². The number of aromatic nitrogens is 1. The van der Waals surface area contributed by atoms with E-state index in [1.165, 1.54) is 61.3 Å². The first-order valence-corrected chi connectivity index (χ1v) is 13.0. The lowest BCUT2D eigenvalue weighted by atomic mass is 9.84. The van der Waals surface area contributed by atoms with Gasteiger partial charge in [0.25, 0.3) is 5.69 Å². The van der Waals surface area contributed by atoms with Gasteiger partial charge in [0.15, 0.2) is 11.5 Å². The van der Waals surface area contributed by atoms with Crippen molar-refractivity contribution in [3.8, 4) is 22.8 Å². The van der Waals surface area contributed by atoms with Crippen molar-refractivity contribution in [3.05, 3.63) is 80.0 Å². The van der Waals surface area contributed by atoms with Gasteiger partial charge in [-0.2, -0.15) is 5.10 Å².